The summed E-state index contributed by atoms with van der Waals surface area (Å²) >= 11 is 0. The molecule has 1 aromatic rings. The zero-order valence-corrected chi connectivity index (χ0v) is 14.1. The zero-order chi connectivity index (χ0) is 15.7. The van der Waals surface area contributed by atoms with Crippen molar-refractivity contribution in [3.05, 3.63) is 35.4 Å². The molecular formula is C18H32N2O. The van der Waals surface area contributed by atoms with E-state index < -0.39 is 0 Å². The highest BCUT2D eigenvalue weighted by Crippen LogP contribution is 2.23. The molecule has 0 amide bonds. The summed E-state index contributed by atoms with van der Waals surface area (Å²) < 4.78 is 5.17. The molecule has 2 N–H and O–H groups in total. The van der Waals surface area contributed by atoms with Crippen LogP contribution in [0.25, 0.3) is 0 Å². The van der Waals surface area contributed by atoms with E-state index in [0.29, 0.717) is 25.2 Å². The highest BCUT2D eigenvalue weighted by Gasteiger charge is 2.21. The van der Waals surface area contributed by atoms with Gasteiger partial charge >= 0.3 is 0 Å². The predicted octanol–water partition coefficient (Wildman–Crippen LogP) is 3.73. The number of hydrogen-bond acceptors (Lipinski definition) is 3. The number of hydrogen-bond donors (Lipinski definition) is 1. The van der Waals surface area contributed by atoms with Gasteiger partial charge in [0.15, 0.2) is 0 Å². The Hall–Kier alpha value is -0.900. The fraction of sp³-hybridized carbons (Fsp3) is 0.667. The summed E-state index contributed by atoms with van der Waals surface area (Å²) in [6, 6.07) is 9.49. The molecule has 0 saturated heterocycles. The lowest BCUT2D eigenvalue weighted by atomic mass is 10.0. The number of unbranched alkanes of at least 4 members (excludes halogenated alkanes) is 2. The van der Waals surface area contributed by atoms with E-state index in [1.807, 2.05) is 0 Å². The predicted molar refractivity (Wildman–Crippen MR) is 90.3 cm³/mol. The summed E-state index contributed by atoms with van der Waals surface area (Å²) in [6.45, 7) is 9.20. The highest BCUT2D eigenvalue weighted by atomic mass is 16.5. The van der Waals surface area contributed by atoms with Crippen LogP contribution in [-0.4, -0.2) is 31.1 Å². The van der Waals surface area contributed by atoms with Crippen LogP contribution in [-0.2, 0) is 11.3 Å². The fourth-order valence-corrected chi connectivity index (χ4v) is 2.78. The molecule has 21 heavy (non-hydrogen) atoms. The van der Waals surface area contributed by atoms with Gasteiger partial charge in [-0.15, -0.1) is 0 Å². The standard InChI is InChI=1S/C18H32N2O/c1-5-6-7-12-20(15(2)3)18(13-19)17-10-8-16(9-11-17)14-21-4/h8-11,15,18H,5-7,12-14,19H2,1-4H3. The number of nitrogens with two attached hydrogens (primary N) is 1. The van der Waals surface area contributed by atoms with Gasteiger partial charge < -0.3 is 10.5 Å². The van der Waals surface area contributed by atoms with Crippen LogP contribution in [0.1, 0.15) is 57.2 Å². The van der Waals surface area contributed by atoms with Crippen LogP contribution in [0.2, 0.25) is 0 Å². The van der Waals surface area contributed by atoms with E-state index in [1.165, 1.54) is 30.4 Å². The molecule has 1 rings (SSSR count). The minimum Gasteiger partial charge on any atom is -0.380 e. The van der Waals surface area contributed by atoms with E-state index in [0.717, 1.165) is 6.54 Å². The molecule has 1 atom stereocenters. The molecule has 0 saturated carbocycles. The normalized spacial score (nSPS) is 13.1. The van der Waals surface area contributed by atoms with Gasteiger partial charge in [0.2, 0.25) is 0 Å². The van der Waals surface area contributed by atoms with E-state index >= 15 is 0 Å². The highest BCUT2D eigenvalue weighted by molar-refractivity contribution is 5.25. The molecule has 0 fully saturated rings. The second-order valence-electron chi connectivity index (χ2n) is 5.96. The average Bonchev–Trinajstić information content (AvgIpc) is 2.48. The molecule has 1 unspecified atom stereocenters. The molecule has 0 aliphatic heterocycles. The Bertz CT molecular complexity index is 375. The maximum absolute atomic E-state index is 6.08. The molecule has 3 nitrogen and oxygen atoms in total. The minimum absolute atomic E-state index is 0.304. The van der Waals surface area contributed by atoms with Crippen LogP contribution < -0.4 is 5.73 Å². The molecule has 120 valence electrons. The largest absolute Gasteiger partial charge is 0.380 e. The second-order valence-corrected chi connectivity index (χ2v) is 5.96. The van der Waals surface area contributed by atoms with Crippen LogP contribution >= 0.6 is 0 Å². The maximum atomic E-state index is 6.08. The summed E-state index contributed by atoms with van der Waals surface area (Å²) in [5, 5.41) is 0. The van der Waals surface area contributed by atoms with E-state index in [9.17, 15) is 0 Å². The fourth-order valence-electron chi connectivity index (χ4n) is 2.78. The first kappa shape index (κ1) is 18.1. The number of rotatable bonds is 10. The van der Waals surface area contributed by atoms with Crippen LogP contribution in [0.15, 0.2) is 24.3 Å². The van der Waals surface area contributed by atoms with Crippen molar-refractivity contribution in [2.75, 3.05) is 20.2 Å². The zero-order valence-electron chi connectivity index (χ0n) is 14.1. The first-order valence-electron chi connectivity index (χ1n) is 8.17. The second kappa shape index (κ2) is 9.93. The Balaban J connectivity index is 2.81. The van der Waals surface area contributed by atoms with Gasteiger partial charge in [-0.05, 0) is 37.9 Å². The van der Waals surface area contributed by atoms with Crippen molar-refractivity contribution < 1.29 is 4.74 Å². The molecule has 0 aromatic heterocycles. The van der Waals surface area contributed by atoms with E-state index in [4.69, 9.17) is 10.5 Å². The van der Waals surface area contributed by atoms with Crippen molar-refractivity contribution in [3.63, 3.8) is 0 Å². The number of ether oxygens (including phenoxy) is 1. The number of nitrogens with zero attached hydrogens (tertiary/aromatic N) is 1. The Labute approximate surface area is 130 Å². The van der Waals surface area contributed by atoms with Crippen LogP contribution in [0, 0.1) is 0 Å². The Morgan fingerprint density at radius 2 is 1.81 bits per heavy atom. The van der Waals surface area contributed by atoms with Crippen LogP contribution in [0.3, 0.4) is 0 Å². The minimum atomic E-state index is 0.304. The molecule has 0 heterocycles. The lowest BCUT2D eigenvalue weighted by Crippen LogP contribution is -2.39. The molecular weight excluding hydrogens is 260 g/mol. The van der Waals surface area contributed by atoms with Gasteiger partial charge in [-0.3, -0.25) is 4.90 Å². The van der Waals surface area contributed by atoms with Gasteiger partial charge in [0.1, 0.15) is 0 Å². The summed E-state index contributed by atoms with van der Waals surface area (Å²) in [7, 11) is 1.73. The quantitative estimate of drug-likeness (QED) is 0.668. The van der Waals surface area contributed by atoms with E-state index in [-0.39, 0.29) is 0 Å². The topological polar surface area (TPSA) is 38.5 Å². The lowest BCUT2D eigenvalue weighted by molar-refractivity contribution is 0.153. The summed E-state index contributed by atoms with van der Waals surface area (Å²) in [5.41, 5.74) is 8.59. The maximum Gasteiger partial charge on any atom is 0.0713 e. The monoisotopic (exact) mass is 292 g/mol. The van der Waals surface area contributed by atoms with E-state index in [2.05, 4.69) is 49.9 Å². The third kappa shape index (κ3) is 5.77. The van der Waals surface area contributed by atoms with Crippen LogP contribution in [0.5, 0.6) is 0 Å². The molecule has 0 spiro atoms. The van der Waals surface area contributed by atoms with Gasteiger partial charge in [0.25, 0.3) is 0 Å². The summed E-state index contributed by atoms with van der Waals surface area (Å²) in [5.74, 6) is 0. The van der Waals surface area contributed by atoms with Crippen molar-refractivity contribution in [1.82, 2.24) is 4.90 Å². The van der Waals surface area contributed by atoms with Gasteiger partial charge in [-0.1, -0.05) is 44.0 Å². The van der Waals surface area contributed by atoms with Crippen molar-refractivity contribution in [1.29, 1.82) is 0 Å². The first-order chi connectivity index (χ1) is 10.1. The Kier molecular flexibility index (Phi) is 8.58. The number of methoxy groups -OCH3 is 1. The van der Waals surface area contributed by atoms with Crippen LogP contribution in [0.4, 0.5) is 0 Å². The van der Waals surface area contributed by atoms with Crippen molar-refractivity contribution in [2.24, 2.45) is 5.73 Å². The first-order valence-corrected chi connectivity index (χ1v) is 8.17. The smallest absolute Gasteiger partial charge is 0.0713 e. The third-order valence-electron chi connectivity index (χ3n) is 3.98. The number of benzene rings is 1. The molecule has 0 bridgehead atoms. The van der Waals surface area contributed by atoms with Crippen molar-refractivity contribution in [2.45, 2.75) is 58.7 Å². The summed E-state index contributed by atoms with van der Waals surface area (Å²) in [4.78, 5) is 2.53. The van der Waals surface area contributed by atoms with Gasteiger partial charge in [-0.25, -0.2) is 0 Å². The molecule has 0 radical (unpaired) electrons. The van der Waals surface area contributed by atoms with Gasteiger partial charge in [0.05, 0.1) is 6.61 Å². The van der Waals surface area contributed by atoms with Gasteiger partial charge in [-0.2, -0.15) is 0 Å². The average molecular weight is 292 g/mol. The molecule has 0 aliphatic rings. The Morgan fingerprint density at radius 1 is 1.14 bits per heavy atom. The third-order valence-corrected chi connectivity index (χ3v) is 3.98. The molecule has 0 aliphatic carbocycles. The van der Waals surface area contributed by atoms with E-state index in [1.54, 1.807) is 7.11 Å². The summed E-state index contributed by atoms with van der Waals surface area (Å²) in [6.07, 6.45) is 3.78. The SMILES string of the molecule is CCCCCN(C(C)C)C(CN)c1ccc(COC)cc1. The van der Waals surface area contributed by atoms with Crippen molar-refractivity contribution >= 4 is 0 Å². The molecule has 1 aromatic carbocycles. The lowest BCUT2D eigenvalue weighted by Gasteiger charge is -2.34. The molecule has 3 heteroatoms. The Morgan fingerprint density at radius 3 is 2.29 bits per heavy atom. The van der Waals surface area contributed by atoms with Gasteiger partial charge in [0, 0.05) is 25.7 Å². The van der Waals surface area contributed by atoms with Crippen molar-refractivity contribution in [3.8, 4) is 0 Å².